The van der Waals surface area contributed by atoms with E-state index in [-0.39, 0.29) is 5.91 Å². The fourth-order valence-corrected chi connectivity index (χ4v) is 3.91. The van der Waals surface area contributed by atoms with Gasteiger partial charge in [0.1, 0.15) is 22.3 Å². The van der Waals surface area contributed by atoms with Gasteiger partial charge in [-0.05, 0) is 26.0 Å². The van der Waals surface area contributed by atoms with Crippen molar-refractivity contribution in [2.45, 2.75) is 13.8 Å². The van der Waals surface area contributed by atoms with Crippen LogP contribution >= 0.6 is 11.3 Å². The molecule has 0 N–H and O–H groups in total. The number of anilines is 1. The topological polar surface area (TPSA) is 71.5 Å². The lowest BCUT2D eigenvalue weighted by molar-refractivity contribution is 0.0750. The molecule has 7 nitrogen and oxygen atoms in total. The summed E-state index contributed by atoms with van der Waals surface area (Å²) in [5.41, 5.74) is 2.52. The number of amides is 1. The summed E-state index contributed by atoms with van der Waals surface area (Å²) in [4.78, 5) is 30.6. The molecule has 28 heavy (non-hydrogen) atoms. The number of nitrogens with zero attached hydrogens (tertiary/aromatic N) is 5. The molecule has 4 rings (SSSR count). The van der Waals surface area contributed by atoms with E-state index in [4.69, 9.17) is 4.74 Å². The lowest BCUT2D eigenvalue weighted by Gasteiger charge is -2.35. The van der Waals surface area contributed by atoms with Crippen molar-refractivity contribution in [3.63, 3.8) is 0 Å². The highest BCUT2D eigenvalue weighted by Crippen LogP contribution is 2.24. The molecule has 1 saturated heterocycles. The molecule has 0 radical (unpaired) electrons. The van der Waals surface area contributed by atoms with E-state index in [1.165, 1.54) is 11.3 Å². The molecule has 1 aliphatic rings. The van der Waals surface area contributed by atoms with Gasteiger partial charge in [-0.1, -0.05) is 18.2 Å². The van der Waals surface area contributed by atoms with Gasteiger partial charge in [0.05, 0.1) is 11.2 Å². The smallest absolute Gasteiger partial charge is 0.265 e. The number of rotatable bonds is 4. The van der Waals surface area contributed by atoms with Crippen LogP contribution in [0.1, 0.15) is 21.2 Å². The van der Waals surface area contributed by atoms with Gasteiger partial charge in [0, 0.05) is 32.2 Å². The third-order valence-corrected chi connectivity index (χ3v) is 5.51. The van der Waals surface area contributed by atoms with Gasteiger partial charge in [0.2, 0.25) is 5.88 Å². The number of para-hydroxylation sites is 1. The molecule has 1 aliphatic heterocycles. The maximum absolute atomic E-state index is 12.7. The lowest BCUT2D eigenvalue weighted by Crippen LogP contribution is -2.49. The standard InChI is InChI=1S/C20H21N5O2S/c1-14-19(28-13-21-14)20(26)25-10-8-24(9-11-25)17-12-18(23-15(2)22-17)27-16-6-4-3-5-7-16/h3-7,12-13H,8-11H2,1-2H3. The van der Waals surface area contributed by atoms with E-state index in [1.807, 2.05) is 55.1 Å². The van der Waals surface area contributed by atoms with Crippen LogP contribution in [0, 0.1) is 13.8 Å². The third-order valence-electron chi connectivity index (χ3n) is 4.60. The molecule has 0 saturated carbocycles. The minimum atomic E-state index is 0.0617. The first-order chi connectivity index (χ1) is 13.6. The monoisotopic (exact) mass is 395 g/mol. The highest BCUT2D eigenvalue weighted by molar-refractivity contribution is 7.11. The second-order valence-electron chi connectivity index (χ2n) is 6.57. The molecule has 0 atom stereocenters. The Balaban J connectivity index is 1.44. The predicted molar refractivity (Wildman–Crippen MR) is 108 cm³/mol. The summed E-state index contributed by atoms with van der Waals surface area (Å²) >= 11 is 1.40. The number of aromatic nitrogens is 3. The van der Waals surface area contributed by atoms with Crippen LogP contribution in [0.15, 0.2) is 41.9 Å². The Labute approximate surface area is 167 Å². The fraction of sp³-hybridized carbons (Fsp3) is 0.300. The summed E-state index contributed by atoms with van der Waals surface area (Å²) in [6.07, 6.45) is 0. The van der Waals surface area contributed by atoms with Gasteiger partial charge in [-0.3, -0.25) is 4.79 Å². The molecule has 1 fully saturated rings. The summed E-state index contributed by atoms with van der Waals surface area (Å²) in [6.45, 7) is 6.45. The Morgan fingerprint density at radius 1 is 1.07 bits per heavy atom. The number of carbonyl (C=O) groups is 1. The number of hydrogen-bond donors (Lipinski definition) is 0. The second kappa shape index (κ2) is 7.93. The highest BCUT2D eigenvalue weighted by Gasteiger charge is 2.25. The van der Waals surface area contributed by atoms with Crippen LogP contribution in [-0.4, -0.2) is 51.9 Å². The Hall–Kier alpha value is -3.00. The highest BCUT2D eigenvalue weighted by atomic mass is 32.1. The van der Waals surface area contributed by atoms with Crippen molar-refractivity contribution in [1.29, 1.82) is 0 Å². The van der Waals surface area contributed by atoms with Crippen LogP contribution in [0.3, 0.4) is 0 Å². The first-order valence-corrected chi connectivity index (χ1v) is 10.0. The van der Waals surface area contributed by atoms with E-state index in [9.17, 15) is 4.79 Å². The molecular formula is C20H21N5O2S. The van der Waals surface area contributed by atoms with Gasteiger partial charge in [-0.25, -0.2) is 9.97 Å². The summed E-state index contributed by atoms with van der Waals surface area (Å²) in [5.74, 6) is 2.79. The Kier molecular flexibility index (Phi) is 5.21. The number of aryl methyl sites for hydroxylation is 2. The van der Waals surface area contributed by atoms with E-state index >= 15 is 0 Å². The van der Waals surface area contributed by atoms with Gasteiger partial charge in [0.25, 0.3) is 5.91 Å². The zero-order valence-electron chi connectivity index (χ0n) is 15.8. The van der Waals surface area contributed by atoms with E-state index < -0.39 is 0 Å². The number of hydrogen-bond acceptors (Lipinski definition) is 7. The molecule has 1 aromatic carbocycles. The minimum Gasteiger partial charge on any atom is -0.439 e. The van der Waals surface area contributed by atoms with Crippen molar-refractivity contribution in [3.8, 4) is 11.6 Å². The summed E-state index contributed by atoms with van der Waals surface area (Å²) in [7, 11) is 0. The number of benzene rings is 1. The van der Waals surface area contributed by atoms with Crippen LogP contribution in [-0.2, 0) is 0 Å². The normalized spacial score (nSPS) is 14.2. The second-order valence-corrected chi connectivity index (χ2v) is 7.43. The minimum absolute atomic E-state index is 0.0617. The first kappa shape index (κ1) is 18.4. The van der Waals surface area contributed by atoms with Crippen molar-refractivity contribution >= 4 is 23.1 Å². The average molecular weight is 395 g/mol. The Morgan fingerprint density at radius 3 is 2.50 bits per heavy atom. The quantitative estimate of drug-likeness (QED) is 0.675. The van der Waals surface area contributed by atoms with Crippen molar-refractivity contribution in [2.75, 3.05) is 31.1 Å². The summed E-state index contributed by atoms with van der Waals surface area (Å²) in [6, 6.07) is 11.4. The molecule has 8 heteroatoms. The summed E-state index contributed by atoms with van der Waals surface area (Å²) < 4.78 is 5.86. The number of ether oxygens (including phenoxy) is 1. The molecule has 0 spiro atoms. The van der Waals surface area contributed by atoms with Gasteiger partial charge >= 0.3 is 0 Å². The molecule has 1 amide bonds. The van der Waals surface area contributed by atoms with Crippen molar-refractivity contribution in [3.05, 3.63) is 58.3 Å². The van der Waals surface area contributed by atoms with Gasteiger partial charge in [-0.15, -0.1) is 11.3 Å². The fourth-order valence-electron chi connectivity index (χ4n) is 3.14. The zero-order chi connectivity index (χ0) is 19.5. The van der Waals surface area contributed by atoms with E-state index in [2.05, 4.69) is 19.9 Å². The zero-order valence-corrected chi connectivity index (χ0v) is 16.6. The third kappa shape index (κ3) is 3.96. The Bertz CT molecular complexity index is 968. The van der Waals surface area contributed by atoms with E-state index in [0.717, 1.165) is 22.1 Å². The van der Waals surface area contributed by atoms with Crippen LogP contribution in [0.4, 0.5) is 5.82 Å². The maximum Gasteiger partial charge on any atom is 0.265 e. The van der Waals surface area contributed by atoms with E-state index in [0.29, 0.717) is 37.9 Å². The lowest BCUT2D eigenvalue weighted by atomic mass is 10.2. The van der Waals surface area contributed by atoms with Gasteiger partial charge in [0.15, 0.2) is 0 Å². The molecule has 3 aromatic rings. The van der Waals surface area contributed by atoms with Crippen molar-refractivity contribution < 1.29 is 9.53 Å². The Morgan fingerprint density at radius 2 is 1.82 bits per heavy atom. The first-order valence-electron chi connectivity index (χ1n) is 9.13. The SMILES string of the molecule is Cc1nc(Oc2ccccc2)cc(N2CCN(C(=O)c3scnc3C)CC2)n1. The largest absolute Gasteiger partial charge is 0.439 e. The van der Waals surface area contributed by atoms with Crippen molar-refractivity contribution in [2.24, 2.45) is 0 Å². The van der Waals surface area contributed by atoms with Crippen molar-refractivity contribution in [1.82, 2.24) is 19.9 Å². The number of carbonyl (C=O) groups excluding carboxylic acids is 1. The van der Waals surface area contributed by atoms with Gasteiger partial charge < -0.3 is 14.5 Å². The van der Waals surface area contributed by atoms with Crippen LogP contribution < -0.4 is 9.64 Å². The summed E-state index contributed by atoms with van der Waals surface area (Å²) in [5, 5.41) is 0. The number of piperazine rings is 1. The average Bonchev–Trinajstić information content (AvgIpc) is 3.14. The maximum atomic E-state index is 12.7. The molecule has 2 aromatic heterocycles. The van der Waals surface area contributed by atoms with Crippen LogP contribution in [0.2, 0.25) is 0 Å². The molecule has 0 unspecified atom stereocenters. The van der Waals surface area contributed by atoms with Crippen LogP contribution in [0.5, 0.6) is 11.6 Å². The molecule has 144 valence electrons. The molecule has 0 bridgehead atoms. The van der Waals surface area contributed by atoms with Crippen LogP contribution in [0.25, 0.3) is 0 Å². The predicted octanol–water partition coefficient (Wildman–Crippen LogP) is 3.30. The number of thiazole rings is 1. The van der Waals surface area contributed by atoms with Gasteiger partial charge in [-0.2, -0.15) is 4.98 Å². The molecule has 0 aliphatic carbocycles. The van der Waals surface area contributed by atoms with E-state index in [1.54, 1.807) is 5.51 Å². The molecule has 3 heterocycles. The molecular weight excluding hydrogens is 374 g/mol.